The number of rotatable bonds is 5. The molecule has 2 heterocycles. The van der Waals surface area contributed by atoms with Gasteiger partial charge in [0.2, 0.25) is 0 Å². The number of aromatic nitrogens is 3. The van der Waals surface area contributed by atoms with Gasteiger partial charge in [-0.15, -0.1) is 5.10 Å². The van der Waals surface area contributed by atoms with Crippen LogP contribution in [0.2, 0.25) is 0 Å². The third kappa shape index (κ3) is 2.34. The molecule has 17 heavy (non-hydrogen) atoms. The van der Waals surface area contributed by atoms with E-state index in [1.807, 2.05) is 0 Å². The average molecular weight is 237 g/mol. The van der Waals surface area contributed by atoms with Crippen molar-refractivity contribution in [3.8, 4) is 0 Å². The molecule has 0 aliphatic heterocycles. The summed E-state index contributed by atoms with van der Waals surface area (Å²) >= 11 is 0. The highest BCUT2D eigenvalue weighted by Crippen LogP contribution is 2.10. The Kier molecular flexibility index (Phi) is 3.20. The van der Waals surface area contributed by atoms with E-state index in [0.29, 0.717) is 12.2 Å². The van der Waals surface area contributed by atoms with Crippen molar-refractivity contribution in [2.75, 3.05) is 7.11 Å². The highest BCUT2D eigenvalue weighted by atomic mass is 16.5. The first kappa shape index (κ1) is 11.3. The van der Waals surface area contributed by atoms with Gasteiger partial charge in [-0.2, -0.15) is 0 Å². The maximum atomic E-state index is 10.9. The van der Waals surface area contributed by atoms with E-state index in [2.05, 4.69) is 10.3 Å². The lowest BCUT2D eigenvalue weighted by Crippen LogP contribution is -2.09. The molecule has 0 saturated carbocycles. The number of methoxy groups -OCH3 is 1. The smallest absolute Gasteiger partial charge is 0.358 e. The minimum Gasteiger partial charge on any atom is -0.476 e. The predicted octanol–water partition coefficient (Wildman–Crippen LogP) is 0.764. The molecule has 0 bridgehead atoms. The van der Waals surface area contributed by atoms with E-state index in [0.717, 1.165) is 5.56 Å². The predicted molar refractivity (Wildman–Crippen MR) is 55.5 cm³/mol. The lowest BCUT2D eigenvalue weighted by atomic mass is 10.3. The molecule has 0 saturated heterocycles. The fraction of sp³-hybridized carbons (Fsp3) is 0.300. The molecular weight excluding hydrogens is 226 g/mol. The van der Waals surface area contributed by atoms with Crippen LogP contribution in [0.5, 0.6) is 0 Å². The molecule has 0 spiro atoms. The summed E-state index contributed by atoms with van der Waals surface area (Å²) in [5, 5.41) is 16.4. The molecule has 1 N–H and O–H groups in total. The maximum absolute atomic E-state index is 10.9. The Morgan fingerprint density at radius 1 is 1.65 bits per heavy atom. The zero-order chi connectivity index (χ0) is 12.3. The lowest BCUT2D eigenvalue weighted by Gasteiger charge is -2.04. The topological polar surface area (TPSA) is 90.4 Å². The Hall–Kier alpha value is -2.15. The molecule has 0 unspecified atom stereocenters. The summed E-state index contributed by atoms with van der Waals surface area (Å²) in [6.07, 6.45) is 3.11. The van der Waals surface area contributed by atoms with Gasteiger partial charge in [-0.3, -0.25) is 0 Å². The van der Waals surface area contributed by atoms with Crippen LogP contribution in [0.25, 0.3) is 0 Å². The summed E-state index contributed by atoms with van der Waals surface area (Å²) in [6, 6.07) is 1.78. The van der Waals surface area contributed by atoms with Gasteiger partial charge < -0.3 is 14.3 Å². The summed E-state index contributed by atoms with van der Waals surface area (Å²) in [6.45, 7) is 0.544. The van der Waals surface area contributed by atoms with Crippen LogP contribution < -0.4 is 0 Å². The summed E-state index contributed by atoms with van der Waals surface area (Å²) < 4.78 is 11.4. The van der Waals surface area contributed by atoms with Gasteiger partial charge in [0.1, 0.15) is 0 Å². The van der Waals surface area contributed by atoms with Gasteiger partial charge in [0.05, 0.1) is 31.4 Å². The van der Waals surface area contributed by atoms with E-state index in [-0.39, 0.29) is 12.3 Å². The van der Waals surface area contributed by atoms with Crippen molar-refractivity contribution in [1.82, 2.24) is 15.0 Å². The summed E-state index contributed by atoms with van der Waals surface area (Å²) in [4.78, 5) is 10.9. The third-order valence-corrected chi connectivity index (χ3v) is 2.23. The number of hydrogen-bond donors (Lipinski definition) is 1. The maximum Gasteiger partial charge on any atom is 0.358 e. The minimum absolute atomic E-state index is 0.0876. The molecule has 7 heteroatoms. The second-order valence-electron chi connectivity index (χ2n) is 3.41. The first-order valence-electron chi connectivity index (χ1n) is 4.88. The Labute approximate surface area is 96.6 Å². The molecule has 0 amide bonds. The number of furan rings is 1. The molecular formula is C10H11N3O4. The molecule has 0 aliphatic carbocycles. The molecule has 0 atom stereocenters. The summed E-state index contributed by atoms with van der Waals surface area (Å²) in [5.74, 6) is -1.12. The van der Waals surface area contributed by atoms with Crippen LogP contribution in [-0.4, -0.2) is 33.2 Å². The quantitative estimate of drug-likeness (QED) is 0.825. The van der Waals surface area contributed by atoms with E-state index in [4.69, 9.17) is 14.3 Å². The molecule has 0 aromatic carbocycles. The van der Waals surface area contributed by atoms with Gasteiger partial charge in [-0.1, -0.05) is 5.21 Å². The van der Waals surface area contributed by atoms with Crippen molar-refractivity contribution >= 4 is 5.97 Å². The molecule has 2 rings (SSSR count). The molecule has 0 aliphatic rings. The molecule has 2 aromatic rings. The van der Waals surface area contributed by atoms with E-state index >= 15 is 0 Å². The fourth-order valence-corrected chi connectivity index (χ4v) is 1.46. The van der Waals surface area contributed by atoms with Gasteiger partial charge in [-0.05, 0) is 6.07 Å². The SMILES string of the molecule is COCc1c(C(=O)O)nnn1Cc1ccoc1. The highest BCUT2D eigenvalue weighted by molar-refractivity contribution is 5.86. The monoisotopic (exact) mass is 237 g/mol. The van der Waals surface area contributed by atoms with E-state index in [1.165, 1.54) is 11.8 Å². The van der Waals surface area contributed by atoms with Crippen molar-refractivity contribution in [2.24, 2.45) is 0 Å². The van der Waals surface area contributed by atoms with Crippen LogP contribution in [0.1, 0.15) is 21.7 Å². The van der Waals surface area contributed by atoms with E-state index in [9.17, 15) is 4.79 Å². The molecule has 7 nitrogen and oxygen atoms in total. The largest absolute Gasteiger partial charge is 0.476 e. The van der Waals surface area contributed by atoms with Crippen molar-refractivity contribution in [3.63, 3.8) is 0 Å². The second kappa shape index (κ2) is 4.79. The average Bonchev–Trinajstić information content (AvgIpc) is 2.90. The Bertz CT molecular complexity index is 504. The van der Waals surface area contributed by atoms with E-state index in [1.54, 1.807) is 18.6 Å². The molecule has 0 fully saturated rings. The summed E-state index contributed by atoms with van der Waals surface area (Å²) in [5.41, 5.74) is 1.22. The lowest BCUT2D eigenvalue weighted by molar-refractivity contribution is 0.0684. The third-order valence-electron chi connectivity index (χ3n) is 2.23. The van der Waals surface area contributed by atoms with Crippen molar-refractivity contribution < 1.29 is 19.1 Å². The Balaban J connectivity index is 2.30. The molecule has 0 radical (unpaired) electrons. The summed E-state index contributed by atoms with van der Waals surface area (Å²) in [7, 11) is 1.49. The van der Waals surface area contributed by atoms with Gasteiger partial charge in [0.15, 0.2) is 5.69 Å². The Morgan fingerprint density at radius 2 is 2.47 bits per heavy atom. The standard InChI is InChI=1S/C10H11N3O4/c1-16-6-8-9(10(14)15)11-12-13(8)4-7-2-3-17-5-7/h2-3,5H,4,6H2,1H3,(H,14,15). The number of aromatic carboxylic acids is 1. The van der Waals surface area contributed by atoms with Crippen LogP contribution in [0.3, 0.4) is 0 Å². The van der Waals surface area contributed by atoms with Gasteiger partial charge in [0.25, 0.3) is 0 Å². The second-order valence-corrected chi connectivity index (χ2v) is 3.41. The minimum atomic E-state index is -1.12. The van der Waals surface area contributed by atoms with Crippen molar-refractivity contribution in [3.05, 3.63) is 35.5 Å². The molecule has 2 aromatic heterocycles. The number of carboxylic acids is 1. The zero-order valence-corrected chi connectivity index (χ0v) is 9.16. The fourth-order valence-electron chi connectivity index (χ4n) is 1.46. The highest BCUT2D eigenvalue weighted by Gasteiger charge is 2.18. The van der Waals surface area contributed by atoms with Crippen LogP contribution in [-0.2, 0) is 17.9 Å². The first-order valence-corrected chi connectivity index (χ1v) is 4.88. The van der Waals surface area contributed by atoms with Crippen molar-refractivity contribution in [2.45, 2.75) is 13.2 Å². The number of nitrogens with zero attached hydrogens (tertiary/aromatic N) is 3. The Morgan fingerprint density at radius 3 is 3.06 bits per heavy atom. The number of carbonyl (C=O) groups is 1. The first-order chi connectivity index (χ1) is 8.22. The van der Waals surface area contributed by atoms with Crippen LogP contribution in [0, 0.1) is 0 Å². The van der Waals surface area contributed by atoms with Gasteiger partial charge in [-0.25, -0.2) is 9.48 Å². The normalized spacial score (nSPS) is 10.6. The van der Waals surface area contributed by atoms with Gasteiger partial charge >= 0.3 is 5.97 Å². The van der Waals surface area contributed by atoms with Crippen LogP contribution in [0.15, 0.2) is 23.0 Å². The number of ether oxygens (including phenoxy) is 1. The van der Waals surface area contributed by atoms with Crippen LogP contribution in [0.4, 0.5) is 0 Å². The zero-order valence-electron chi connectivity index (χ0n) is 9.16. The van der Waals surface area contributed by atoms with Crippen molar-refractivity contribution in [1.29, 1.82) is 0 Å². The number of carboxylic acid groups (broad SMARTS) is 1. The number of hydrogen-bond acceptors (Lipinski definition) is 5. The van der Waals surface area contributed by atoms with E-state index < -0.39 is 5.97 Å². The van der Waals surface area contributed by atoms with Crippen LogP contribution >= 0.6 is 0 Å². The molecule has 90 valence electrons. The van der Waals surface area contributed by atoms with Gasteiger partial charge in [0, 0.05) is 12.7 Å².